The van der Waals surface area contributed by atoms with E-state index in [2.05, 4.69) is 14.8 Å². The molecule has 0 bridgehead atoms. The van der Waals surface area contributed by atoms with Gasteiger partial charge in [-0.1, -0.05) is 0 Å². The summed E-state index contributed by atoms with van der Waals surface area (Å²) in [7, 11) is -3.89. The SMILES string of the molecule is CC(=O)Nc1ccc(S(=O)(=O)NC(C)C(=O)C=[N+]=[N-])cc1. The molecule has 8 nitrogen and oxygen atoms in total. The van der Waals surface area contributed by atoms with Crippen LogP contribution >= 0.6 is 0 Å². The predicted octanol–water partition coefficient (Wildman–Crippen LogP) is 0.181. The van der Waals surface area contributed by atoms with Gasteiger partial charge in [-0.25, -0.2) is 13.1 Å². The molecular formula is C12H14N4O4S. The average molecular weight is 310 g/mol. The molecule has 0 aliphatic carbocycles. The third kappa shape index (κ3) is 4.92. The summed E-state index contributed by atoms with van der Waals surface area (Å²) in [6.07, 6.45) is 0.618. The number of carbonyl (C=O) groups excluding carboxylic acids is 2. The molecule has 0 heterocycles. The lowest BCUT2D eigenvalue weighted by Gasteiger charge is -2.10. The average Bonchev–Trinajstić information content (AvgIpc) is 2.38. The van der Waals surface area contributed by atoms with Gasteiger partial charge in [-0.05, 0) is 31.2 Å². The summed E-state index contributed by atoms with van der Waals surface area (Å²) in [5.74, 6) is -0.956. The lowest BCUT2D eigenvalue weighted by molar-refractivity contribution is -0.117. The Bertz CT molecular complexity index is 690. The van der Waals surface area contributed by atoms with Crippen LogP contribution < -0.4 is 10.0 Å². The topological polar surface area (TPSA) is 129 Å². The summed E-state index contributed by atoms with van der Waals surface area (Å²) in [6, 6.07) is 4.38. The third-order valence-electron chi connectivity index (χ3n) is 2.43. The first-order valence-corrected chi connectivity index (χ1v) is 7.36. The fraction of sp³-hybridized carbons (Fsp3) is 0.250. The zero-order valence-corrected chi connectivity index (χ0v) is 12.2. The Morgan fingerprint density at radius 1 is 1.29 bits per heavy atom. The molecule has 112 valence electrons. The van der Waals surface area contributed by atoms with E-state index in [9.17, 15) is 18.0 Å². The van der Waals surface area contributed by atoms with Crippen molar-refractivity contribution < 1.29 is 22.8 Å². The molecule has 0 aromatic heterocycles. The summed E-state index contributed by atoms with van der Waals surface area (Å²) >= 11 is 0. The van der Waals surface area contributed by atoms with Crippen LogP contribution in [0.25, 0.3) is 5.53 Å². The molecule has 0 saturated carbocycles. The standard InChI is InChI=1S/C12H14N4O4S/c1-8(12(18)7-14-13)16-21(19,20)11-5-3-10(4-6-11)15-9(2)17/h3-8,16H,1-2H3,(H,15,17). The van der Waals surface area contributed by atoms with Crippen LogP contribution in [0.15, 0.2) is 29.2 Å². The van der Waals surface area contributed by atoms with Gasteiger partial charge in [-0.2, -0.15) is 4.79 Å². The molecule has 0 aliphatic rings. The van der Waals surface area contributed by atoms with E-state index < -0.39 is 21.8 Å². The van der Waals surface area contributed by atoms with Crippen LogP contribution in [0.2, 0.25) is 0 Å². The maximum absolute atomic E-state index is 12.0. The van der Waals surface area contributed by atoms with Gasteiger partial charge in [0.05, 0.1) is 10.9 Å². The number of rotatable bonds is 6. The van der Waals surface area contributed by atoms with Crippen molar-refractivity contribution >= 4 is 33.6 Å². The molecule has 0 radical (unpaired) electrons. The van der Waals surface area contributed by atoms with Gasteiger partial charge in [0, 0.05) is 12.6 Å². The van der Waals surface area contributed by atoms with Crippen LogP contribution in [0.5, 0.6) is 0 Å². The van der Waals surface area contributed by atoms with E-state index in [1.54, 1.807) is 0 Å². The fourth-order valence-corrected chi connectivity index (χ4v) is 2.66. The van der Waals surface area contributed by atoms with Crippen LogP contribution in [-0.4, -0.2) is 37.2 Å². The maximum atomic E-state index is 12.0. The van der Waals surface area contributed by atoms with Crippen LogP contribution in [0.3, 0.4) is 0 Å². The lowest BCUT2D eigenvalue weighted by atomic mass is 10.2. The Balaban J connectivity index is 2.90. The van der Waals surface area contributed by atoms with E-state index in [1.165, 1.54) is 38.1 Å². The van der Waals surface area contributed by atoms with Crippen molar-refractivity contribution in [3.05, 3.63) is 29.8 Å². The molecule has 1 atom stereocenters. The van der Waals surface area contributed by atoms with Gasteiger partial charge in [0.15, 0.2) is 0 Å². The molecule has 0 spiro atoms. The van der Waals surface area contributed by atoms with Crippen molar-refractivity contribution in [2.75, 3.05) is 5.32 Å². The number of benzene rings is 1. The highest BCUT2D eigenvalue weighted by atomic mass is 32.2. The van der Waals surface area contributed by atoms with Gasteiger partial charge in [-0.3, -0.25) is 9.59 Å². The molecule has 9 heteroatoms. The van der Waals surface area contributed by atoms with E-state index in [4.69, 9.17) is 5.53 Å². The maximum Gasteiger partial charge on any atom is 0.324 e. The van der Waals surface area contributed by atoms with Crippen LogP contribution in [0.4, 0.5) is 5.69 Å². The monoisotopic (exact) mass is 310 g/mol. The zero-order chi connectivity index (χ0) is 16.0. The number of nitrogens with one attached hydrogen (secondary N) is 2. The number of hydrogen-bond donors (Lipinski definition) is 2. The summed E-state index contributed by atoms with van der Waals surface area (Å²) in [6.45, 7) is 2.66. The van der Waals surface area contributed by atoms with Gasteiger partial charge in [-0.15, -0.1) is 0 Å². The number of carbonyl (C=O) groups is 2. The van der Waals surface area contributed by atoms with Crippen molar-refractivity contribution in [3.63, 3.8) is 0 Å². The number of ketones is 1. The van der Waals surface area contributed by atoms with Crippen molar-refractivity contribution in [2.24, 2.45) is 0 Å². The minimum atomic E-state index is -3.89. The number of sulfonamides is 1. The van der Waals surface area contributed by atoms with Crippen LogP contribution in [0.1, 0.15) is 13.8 Å². The first kappa shape index (κ1) is 16.7. The first-order valence-electron chi connectivity index (χ1n) is 5.87. The quantitative estimate of drug-likeness (QED) is 0.441. The van der Waals surface area contributed by atoms with Crippen molar-refractivity contribution in [2.45, 2.75) is 24.8 Å². The summed E-state index contributed by atoms with van der Waals surface area (Å²) in [5, 5.41) is 2.51. The Hall–Kier alpha value is -2.35. The number of nitrogens with zero attached hydrogens (tertiary/aromatic N) is 2. The Morgan fingerprint density at radius 3 is 2.33 bits per heavy atom. The minimum Gasteiger partial charge on any atom is -0.361 e. The van der Waals surface area contributed by atoms with Gasteiger partial charge in [0.2, 0.25) is 15.9 Å². The van der Waals surface area contributed by atoms with Gasteiger partial charge >= 0.3 is 6.21 Å². The van der Waals surface area contributed by atoms with Gasteiger partial charge < -0.3 is 10.8 Å². The summed E-state index contributed by atoms with van der Waals surface area (Å²) in [4.78, 5) is 24.7. The predicted molar refractivity (Wildman–Crippen MR) is 75.2 cm³/mol. The van der Waals surface area contributed by atoms with Gasteiger partial charge in [0.1, 0.15) is 0 Å². The number of hydrogen-bond acceptors (Lipinski definition) is 4. The number of amides is 1. The zero-order valence-electron chi connectivity index (χ0n) is 11.4. The molecule has 1 amide bonds. The van der Waals surface area contributed by atoms with E-state index in [0.717, 1.165) is 0 Å². The molecule has 1 unspecified atom stereocenters. The van der Waals surface area contributed by atoms with Gasteiger partial charge in [0.25, 0.3) is 5.78 Å². The Labute approximate surface area is 121 Å². The normalized spacial score (nSPS) is 12.1. The molecule has 1 rings (SSSR count). The molecular weight excluding hydrogens is 296 g/mol. The second kappa shape index (κ2) is 6.89. The number of Topliss-reactive ketones (excluding diaryl/α,β-unsaturated/α-hetero) is 1. The molecule has 2 N–H and O–H groups in total. The molecule has 0 fully saturated rings. The summed E-state index contributed by atoms with van der Waals surface area (Å²) in [5.41, 5.74) is 8.70. The second-order valence-electron chi connectivity index (χ2n) is 4.20. The van der Waals surface area contributed by atoms with Crippen molar-refractivity contribution in [1.82, 2.24) is 4.72 Å². The first-order chi connectivity index (χ1) is 9.76. The van der Waals surface area contributed by atoms with E-state index in [0.29, 0.717) is 11.9 Å². The second-order valence-corrected chi connectivity index (χ2v) is 5.91. The Morgan fingerprint density at radius 2 is 1.86 bits per heavy atom. The fourth-order valence-electron chi connectivity index (χ4n) is 1.45. The van der Waals surface area contributed by atoms with E-state index in [1.807, 2.05) is 0 Å². The highest BCUT2D eigenvalue weighted by Crippen LogP contribution is 2.14. The number of anilines is 1. The molecule has 1 aromatic rings. The molecule has 0 aliphatic heterocycles. The molecule has 21 heavy (non-hydrogen) atoms. The highest BCUT2D eigenvalue weighted by Gasteiger charge is 2.22. The molecule has 1 aromatic carbocycles. The molecule has 0 saturated heterocycles. The smallest absolute Gasteiger partial charge is 0.324 e. The Kier molecular flexibility index (Phi) is 5.48. The third-order valence-corrected chi connectivity index (χ3v) is 3.99. The summed E-state index contributed by atoms with van der Waals surface area (Å²) < 4.78 is 26.2. The van der Waals surface area contributed by atoms with E-state index in [-0.39, 0.29) is 10.8 Å². The van der Waals surface area contributed by atoms with Crippen molar-refractivity contribution in [3.8, 4) is 0 Å². The lowest BCUT2D eigenvalue weighted by Crippen LogP contribution is -2.39. The van der Waals surface area contributed by atoms with Crippen LogP contribution in [0, 0.1) is 0 Å². The van der Waals surface area contributed by atoms with E-state index >= 15 is 0 Å². The minimum absolute atomic E-state index is 0.0582. The van der Waals surface area contributed by atoms with Crippen LogP contribution in [-0.2, 0) is 19.6 Å². The van der Waals surface area contributed by atoms with Crippen molar-refractivity contribution in [1.29, 1.82) is 0 Å². The highest BCUT2D eigenvalue weighted by molar-refractivity contribution is 7.89. The largest absolute Gasteiger partial charge is 0.361 e.